The van der Waals surface area contributed by atoms with Crippen LogP contribution in [-0.4, -0.2) is 21.2 Å². The zero-order valence-corrected chi connectivity index (χ0v) is 18.1. The first-order valence-corrected chi connectivity index (χ1v) is 10.3. The number of aryl methyl sites for hydroxylation is 2. The van der Waals surface area contributed by atoms with Crippen molar-refractivity contribution in [1.29, 1.82) is 10.5 Å². The van der Waals surface area contributed by atoms with E-state index in [1.54, 1.807) is 12.3 Å². The zero-order chi connectivity index (χ0) is 21.8. The van der Waals surface area contributed by atoms with Crippen molar-refractivity contribution in [1.82, 2.24) is 9.55 Å². The Hall–Kier alpha value is -3.49. The van der Waals surface area contributed by atoms with Crippen molar-refractivity contribution in [2.75, 3.05) is 11.1 Å². The van der Waals surface area contributed by atoms with E-state index in [9.17, 15) is 15.3 Å². The predicted octanol–water partition coefficient (Wildman–Crippen LogP) is 4.23. The molecule has 0 spiro atoms. The highest BCUT2D eigenvalue weighted by Crippen LogP contribution is 2.28. The van der Waals surface area contributed by atoms with Gasteiger partial charge >= 0.3 is 0 Å². The van der Waals surface area contributed by atoms with Gasteiger partial charge in [-0.05, 0) is 57.0 Å². The van der Waals surface area contributed by atoms with Crippen molar-refractivity contribution in [3.8, 4) is 12.1 Å². The fourth-order valence-electron chi connectivity index (χ4n) is 3.23. The number of nitriles is 2. The Bertz CT molecular complexity index is 1180. The van der Waals surface area contributed by atoms with Crippen LogP contribution >= 0.6 is 11.8 Å². The van der Waals surface area contributed by atoms with Crippen molar-refractivity contribution in [2.45, 2.75) is 39.3 Å². The Morgan fingerprint density at radius 1 is 1.23 bits per heavy atom. The van der Waals surface area contributed by atoms with E-state index in [2.05, 4.69) is 22.4 Å². The van der Waals surface area contributed by atoms with E-state index in [-0.39, 0.29) is 11.7 Å². The lowest BCUT2D eigenvalue weighted by Crippen LogP contribution is -2.18. The molecular weight excluding hydrogens is 398 g/mol. The molecule has 0 aliphatic carbocycles. The van der Waals surface area contributed by atoms with Crippen LogP contribution in [0, 0.1) is 50.4 Å². The number of carbonyl (C=O) groups is 1. The van der Waals surface area contributed by atoms with Gasteiger partial charge in [-0.3, -0.25) is 4.79 Å². The molecule has 3 rings (SSSR count). The van der Waals surface area contributed by atoms with Crippen LogP contribution in [0.1, 0.15) is 39.4 Å². The molecule has 3 aromatic rings. The van der Waals surface area contributed by atoms with Crippen molar-refractivity contribution >= 4 is 23.5 Å². The molecule has 0 aliphatic rings. The third-order valence-electron chi connectivity index (χ3n) is 4.86. The summed E-state index contributed by atoms with van der Waals surface area (Å²) in [6.07, 6.45) is 1.59. The van der Waals surface area contributed by atoms with Gasteiger partial charge < -0.3 is 14.3 Å². The van der Waals surface area contributed by atoms with E-state index in [1.807, 2.05) is 44.4 Å². The van der Waals surface area contributed by atoms with Gasteiger partial charge in [0.05, 0.1) is 29.7 Å². The summed E-state index contributed by atoms with van der Waals surface area (Å²) in [4.78, 5) is 17.1. The van der Waals surface area contributed by atoms with Crippen molar-refractivity contribution in [2.24, 2.45) is 0 Å². The molecule has 0 unspecified atom stereocenters. The molecule has 3 aromatic heterocycles. The normalized spacial score (nSPS) is 10.5. The molecular formula is C22H21N5O2S. The van der Waals surface area contributed by atoms with E-state index in [0.717, 1.165) is 28.3 Å². The standard InChI is InChI=1S/C22H21N5O2S/c1-13-8-14(2)25-22(18(13)9-23)30-12-20(28)26-21-19(10-24)15(3)16(4)27(21)11-17-6-5-7-29-17/h5-8H,11-12H2,1-4H3,(H,26,28). The zero-order valence-electron chi connectivity index (χ0n) is 17.2. The Kier molecular flexibility index (Phi) is 6.29. The number of thioether (sulfide) groups is 1. The maximum Gasteiger partial charge on any atom is 0.235 e. The number of rotatable bonds is 6. The number of furan rings is 1. The van der Waals surface area contributed by atoms with Gasteiger partial charge in [-0.25, -0.2) is 4.98 Å². The van der Waals surface area contributed by atoms with E-state index in [4.69, 9.17) is 4.42 Å². The van der Waals surface area contributed by atoms with Crippen LogP contribution in [0.3, 0.4) is 0 Å². The van der Waals surface area contributed by atoms with Gasteiger partial charge in [0.1, 0.15) is 28.7 Å². The number of aromatic nitrogens is 2. The largest absolute Gasteiger partial charge is 0.467 e. The number of nitrogens with one attached hydrogen (secondary N) is 1. The molecule has 1 N–H and O–H groups in total. The number of anilines is 1. The summed E-state index contributed by atoms with van der Waals surface area (Å²) in [6, 6.07) is 9.83. The van der Waals surface area contributed by atoms with E-state index < -0.39 is 0 Å². The van der Waals surface area contributed by atoms with Crippen LogP contribution in [-0.2, 0) is 11.3 Å². The Morgan fingerprint density at radius 2 is 1.97 bits per heavy atom. The van der Waals surface area contributed by atoms with Gasteiger partial charge in [0.25, 0.3) is 0 Å². The summed E-state index contributed by atoms with van der Waals surface area (Å²) in [5, 5.41) is 22.4. The minimum absolute atomic E-state index is 0.0689. The average Bonchev–Trinajstić information content (AvgIpc) is 3.29. The molecule has 0 aromatic carbocycles. The summed E-state index contributed by atoms with van der Waals surface area (Å²) >= 11 is 1.21. The molecule has 0 fully saturated rings. The third kappa shape index (κ3) is 4.24. The number of nitrogens with zero attached hydrogens (tertiary/aromatic N) is 4. The highest BCUT2D eigenvalue weighted by atomic mass is 32.2. The lowest BCUT2D eigenvalue weighted by atomic mass is 10.1. The van der Waals surface area contributed by atoms with Crippen LogP contribution in [0.25, 0.3) is 0 Å². The molecule has 1 amide bonds. The molecule has 8 heteroatoms. The summed E-state index contributed by atoms with van der Waals surface area (Å²) in [5.74, 6) is 0.961. The SMILES string of the molecule is Cc1cc(C)c(C#N)c(SCC(=O)Nc2c(C#N)c(C)c(C)n2Cc2ccco2)n1. The fourth-order valence-corrected chi connectivity index (χ4v) is 4.13. The first kappa shape index (κ1) is 21.2. The topological polar surface area (TPSA) is 108 Å². The minimum atomic E-state index is -0.278. The molecule has 3 heterocycles. The number of hydrogen-bond acceptors (Lipinski definition) is 6. The average molecular weight is 420 g/mol. The minimum Gasteiger partial charge on any atom is -0.467 e. The summed E-state index contributed by atoms with van der Waals surface area (Å²) in [5.41, 5.74) is 4.23. The predicted molar refractivity (Wildman–Crippen MR) is 114 cm³/mol. The van der Waals surface area contributed by atoms with Crippen molar-refractivity contribution < 1.29 is 9.21 Å². The van der Waals surface area contributed by atoms with Crippen molar-refractivity contribution in [3.05, 3.63) is 63.9 Å². The molecule has 0 saturated carbocycles. The number of amides is 1. The smallest absolute Gasteiger partial charge is 0.235 e. The lowest BCUT2D eigenvalue weighted by Gasteiger charge is -2.12. The van der Waals surface area contributed by atoms with E-state index in [0.29, 0.717) is 28.5 Å². The van der Waals surface area contributed by atoms with Gasteiger partial charge in [0.15, 0.2) is 0 Å². The Balaban J connectivity index is 1.83. The van der Waals surface area contributed by atoms with Crippen LogP contribution in [0.2, 0.25) is 0 Å². The molecule has 7 nitrogen and oxygen atoms in total. The van der Waals surface area contributed by atoms with Gasteiger partial charge in [-0.2, -0.15) is 10.5 Å². The molecule has 30 heavy (non-hydrogen) atoms. The van der Waals surface area contributed by atoms with Gasteiger partial charge in [0, 0.05) is 11.4 Å². The van der Waals surface area contributed by atoms with Crippen LogP contribution in [0.5, 0.6) is 0 Å². The second kappa shape index (κ2) is 8.89. The first-order chi connectivity index (χ1) is 14.3. The maximum atomic E-state index is 12.7. The highest BCUT2D eigenvalue weighted by Gasteiger charge is 2.21. The number of hydrogen-bond donors (Lipinski definition) is 1. The first-order valence-electron chi connectivity index (χ1n) is 9.28. The molecule has 152 valence electrons. The van der Waals surface area contributed by atoms with Crippen LogP contribution in [0.4, 0.5) is 5.82 Å². The second-order valence-corrected chi connectivity index (χ2v) is 7.88. The highest BCUT2D eigenvalue weighted by molar-refractivity contribution is 8.00. The maximum absolute atomic E-state index is 12.7. The van der Waals surface area contributed by atoms with Crippen molar-refractivity contribution in [3.63, 3.8) is 0 Å². The van der Waals surface area contributed by atoms with Gasteiger partial charge in [0.2, 0.25) is 5.91 Å². The third-order valence-corrected chi connectivity index (χ3v) is 5.83. The van der Waals surface area contributed by atoms with Gasteiger partial charge in [-0.1, -0.05) is 11.8 Å². The lowest BCUT2D eigenvalue weighted by molar-refractivity contribution is -0.113. The summed E-state index contributed by atoms with van der Waals surface area (Å²) in [6.45, 7) is 7.87. The number of carbonyl (C=O) groups excluding carboxylic acids is 1. The molecule has 0 aliphatic heterocycles. The van der Waals surface area contributed by atoms with Crippen LogP contribution in [0.15, 0.2) is 33.9 Å². The molecule has 0 bridgehead atoms. The number of pyridine rings is 1. The Labute approximate surface area is 179 Å². The van der Waals surface area contributed by atoms with E-state index >= 15 is 0 Å². The molecule has 0 radical (unpaired) electrons. The summed E-state index contributed by atoms with van der Waals surface area (Å²) < 4.78 is 7.30. The fraction of sp³-hybridized carbons (Fsp3) is 0.273. The second-order valence-electron chi connectivity index (χ2n) is 6.92. The quantitative estimate of drug-likeness (QED) is 0.599. The Morgan fingerprint density at radius 3 is 2.60 bits per heavy atom. The summed E-state index contributed by atoms with van der Waals surface area (Å²) in [7, 11) is 0. The van der Waals surface area contributed by atoms with E-state index in [1.165, 1.54) is 11.8 Å². The molecule has 0 atom stereocenters. The van der Waals surface area contributed by atoms with Crippen LogP contribution < -0.4 is 5.32 Å². The van der Waals surface area contributed by atoms with Gasteiger partial charge in [-0.15, -0.1) is 0 Å². The molecule has 0 saturated heterocycles. The monoisotopic (exact) mass is 419 g/mol.